The molecule has 6 heterocycles. The molecule has 9 rings (SSSR count). The first kappa shape index (κ1) is 28.3. The lowest BCUT2D eigenvalue weighted by atomic mass is 10.00. The summed E-state index contributed by atoms with van der Waals surface area (Å²) in [4.78, 5) is 14.5. The molecule has 11 heteroatoms. The number of alkyl halides is 1. The smallest absolute Gasteiger partial charge is 0.318 e. The molecule has 4 saturated heterocycles. The quantitative estimate of drug-likeness (QED) is 0.354. The summed E-state index contributed by atoms with van der Waals surface area (Å²) in [5, 5.41) is 15.9. The maximum atomic E-state index is 16.6. The number of phenolic OH excluding ortho intramolecular Hbond substituents is 1. The minimum absolute atomic E-state index is 0.114. The number of ether oxygens (including phenoxy) is 1. The molecular weight excluding hydrogens is 582 g/mol. The van der Waals surface area contributed by atoms with Gasteiger partial charge in [0.2, 0.25) is 0 Å². The first-order valence-corrected chi connectivity index (χ1v) is 16.7. The number of nitrogens with zero attached hydrogens (tertiary/aromatic N) is 5. The molecule has 3 aromatic rings. The standard InChI is InChI=1S/C26H26FN5O2S.C7H12FN/c1-34-26-29-22-21(27)23(20-11-18(33)10-14-4-2-3-5-19(14)20)32(17-8-9-17)35-24(22)25(30-26)31-12-15-6-7-16(13-31)28-15;8-6-4-7-2-1-3-9(7)5-6/h2-5,10-11,15-17,28,33H,6-9,12-13H2,1H3;6-7H,1-5H2. The van der Waals surface area contributed by atoms with E-state index in [0.717, 1.165) is 73.2 Å². The molecule has 2 N–H and O–H groups in total. The number of methoxy groups -OCH3 is 1. The zero-order valence-corrected chi connectivity index (χ0v) is 25.7. The van der Waals surface area contributed by atoms with Crippen LogP contribution in [-0.2, 0) is 0 Å². The van der Waals surface area contributed by atoms with Gasteiger partial charge in [0.15, 0.2) is 11.6 Å². The third-order valence-electron chi connectivity index (χ3n) is 9.79. The van der Waals surface area contributed by atoms with Crippen molar-refractivity contribution in [3.05, 3.63) is 47.7 Å². The molecule has 0 amide bonds. The molecule has 0 spiro atoms. The number of rotatable bonds is 4. The molecule has 0 radical (unpaired) electrons. The average Bonchev–Trinajstić information content (AvgIpc) is 3.56. The Balaban J connectivity index is 0.000000274. The van der Waals surface area contributed by atoms with E-state index in [9.17, 15) is 9.50 Å². The fourth-order valence-electron chi connectivity index (χ4n) is 7.60. The molecule has 1 aliphatic carbocycles. The van der Waals surface area contributed by atoms with Crippen LogP contribution in [0, 0.1) is 0 Å². The third kappa shape index (κ3) is 5.16. The molecule has 5 aliphatic heterocycles. The summed E-state index contributed by atoms with van der Waals surface area (Å²) < 4.78 is 36.7. The van der Waals surface area contributed by atoms with Crippen molar-refractivity contribution < 1.29 is 18.6 Å². The van der Waals surface area contributed by atoms with E-state index in [4.69, 9.17) is 9.72 Å². The van der Waals surface area contributed by atoms with E-state index < -0.39 is 12.0 Å². The fourth-order valence-corrected chi connectivity index (χ4v) is 8.90. The lowest BCUT2D eigenvalue weighted by Crippen LogP contribution is -2.51. The molecule has 5 fully saturated rings. The molecule has 232 valence electrons. The van der Waals surface area contributed by atoms with Crippen LogP contribution in [0.5, 0.6) is 11.8 Å². The second kappa shape index (κ2) is 11.3. The first-order valence-electron chi connectivity index (χ1n) is 15.9. The SMILES string of the molecule is COc1nc2c(c(N3CC4CCC(C3)N4)n1)SN(C1CC1)C(c1cc(O)cc3ccccc13)=C2F.FC1CC2CCCN2C1. The van der Waals surface area contributed by atoms with Crippen molar-refractivity contribution in [2.45, 2.75) is 80.2 Å². The van der Waals surface area contributed by atoms with Crippen LogP contribution in [0.2, 0.25) is 0 Å². The lowest BCUT2D eigenvalue weighted by molar-refractivity contribution is 0.292. The van der Waals surface area contributed by atoms with Crippen molar-refractivity contribution in [2.24, 2.45) is 0 Å². The van der Waals surface area contributed by atoms with Crippen molar-refractivity contribution in [1.82, 2.24) is 24.5 Å². The van der Waals surface area contributed by atoms with Crippen LogP contribution in [0.4, 0.5) is 14.6 Å². The highest BCUT2D eigenvalue weighted by Crippen LogP contribution is 2.54. The number of hydrogen-bond acceptors (Lipinski definition) is 9. The normalized spacial score (nSPS) is 27.8. The minimum atomic E-state index is -0.518. The Labute approximate surface area is 260 Å². The van der Waals surface area contributed by atoms with Gasteiger partial charge >= 0.3 is 6.01 Å². The van der Waals surface area contributed by atoms with Crippen molar-refractivity contribution in [3.63, 3.8) is 0 Å². The number of aromatic nitrogens is 2. The van der Waals surface area contributed by atoms with Gasteiger partial charge in [0.05, 0.1) is 12.8 Å². The number of halogens is 2. The zero-order valence-electron chi connectivity index (χ0n) is 24.9. The minimum Gasteiger partial charge on any atom is -0.508 e. The largest absolute Gasteiger partial charge is 0.508 e. The molecule has 8 nitrogen and oxygen atoms in total. The number of phenols is 1. The monoisotopic (exact) mass is 620 g/mol. The Hall–Kier alpha value is -3.15. The maximum Gasteiger partial charge on any atom is 0.318 e. The molecular formula is C33H38F2N6O2S. The van der Waals surface area contributed by atoms with Crippen molar-refractivity contribution in [1.29, 1.82) is 0 Å². The van der Waals surface area contributed by atoms with Crippen LogP contribution in [0.3, 0.4) is 0 Å². The number of piperazine rings is 1. The highest BCUT2D eigenvalue weighted by atomic mass is 32.2. The Kier molecular flexibility index (Phi) is 7.30. The predicted octanol–water partition coefficient (Wildman–Crippen LogP) is 5.76. The van der Waals surface area contributed by atoms with E-state index in [1.54, 1.807) is 12.1 Å². The topological polar surface area (TPSA) is 77.0 Å². The van der Waals surface area contributed by atoms with E-state index in [0.29, 0.717) is 35.9 Å². The summed E-state index contributed by atoms with van der Waals surface area (Å²) in [7, 11) is 1.52. The van der Waals surface area contributed by atoms with Crippen LogP contribution in [0.15, 0.2) is 41.3 Å². The molecule has 1 saturated carbocycles. The molecule has 2 aromatic carbocycles. The van der Waals surface area contributed by atoms with Gasteiger partial charge in [-0.05, 0) is 86.3 Å². The van der Waals surface area contributed by atoms with E-state index in [1.165, 1.54) is 31.9 Å². The summed E-state index contributed by atoms with van der Waals surface area (Å²) in [6.07, 6.45) is 7.11. The molecule has 4 atom stereocenters. The Morgan fingerprint density at radius 3 is 2.55 bits per heavy atom. The summed E-state index contributed by atoms with van der Waals surface area (Å²) in [5.74, 6) is 0.458. The van der Waals surface area contributed by atoms with Gasteiger partial charge < -0.3 is 24.4 Å². The summed E-state index contributed by atoms with van der Waals surface area (Å²) in [5.41, 5.74) is 1.40. The van der Waals surface area contributed by atoms with Crippen molar-refractivity contribution in [2.75, 3.05) is 38.2 Å². The predicted molar refractivity (Wildman–Crippen MR) is 169 cm³/mol. The van der Waals surface area contributed by atoms with Crippen LogP contribution in [0.25, 0.3) is 22.3 Å². The third-order valence-corrected chi connectivity index (χ3v) is 11.0. The van der Waals surface area contributed by atoms with Gasteiger partial charge in [-0.1, -0.05) is 24.3 Å². The number of anilines is 1. The first-order chi connectivity index (χ1) is 21.4. The van der Waals surface area contributed by atoms with Crippen LogP contribution in [-0.4, -0.2) is 87.9 Å². The zero-order chi connectivity index (χ0) is 29.9. The van der Waals surface area contributed by atoms with Gasteiger partial charge in [-0.25, -0.2) is 8.78 Å². The Morgan fingerprint density at radius 1 is 1.00 bits per heavy atom. The van der Waals surface area contributed by atoms with E-state index in [2.05, 4.69) is 24.4 Å². The second-order valence-corrected chi connectivity index (χ2v) is 13.9. The van der Waals surface area contributed by atoms with Gasteiger partial charge in [0.25, 0.3) is 0 Å². The van der Waals surface area contributed by atoms with Gasteiger partial charge in [0.1, 0.15) is 22.5 Å². The van der Waals surface area contributed by atoms with E-state index in [1.807, 2.05) is 24.3 Å². The van der Waals surface area contributed by atoms with Gasteiger partial charge in [-0.15, -0.1) is 0 Å². The number of benzene rings is 2. The van der Waals surface area contributed by atoms with Gasteiger partial charge in [-0.3, -0.25) is 4.90 Å². The number of fused-ring (bicyclic) bond motifs is 5. The van der Waals surface area contributed by atoms with E-state index >= 15 is 4.39 Å². The molecule has 1 aromatic heterocycles. The van der Waals surface area contributed by atoms with Crippen LogP contribution < -0.4 is 15.0 Å². The highest BCUT2D eigenvalue weighted by molar-refractivity contribution is 7.97. The summed E-state index contributed by atoms with van der Waals surface area (Å²) >= 11 is 1.52. The Morgan fingerprint density at radius 2 is 1.80 bits per heavy atom. The summed E-state index contributed by atoms with van der Waals surface area (Å²) in [6.45, 7) is 3.53. The summed E-state index contributed by atoms with van der Waals surface area (Å²) in [6, 6.07) is 13.0. The molecule has 6 aliphatic rings. The molecule has 44 heavy (non-hydrogen) atoms. The second-order valence-electron chi connectivity index (χ2n) is 12.9. The molecule has 2 bridgehead atoms. The van der Waals surface area contributed by atoms with Gasteiger partial charge in [-0.2, -0.15) is 9.97 Å². The van der Waals surface area contributed by atoms with Crippen LogP contribution in [0.1, 0.15) is 56.2 Å². The van der Waals surface area contributed by atoms with Gasteiger partial charge in [0, 0.05) is 49.4 Å². The van der Waals surface area contributed by atoms with Crippen molar-refractivity contribution >= 4 is 40.1 Å². The maximum absolute atomic E-state index is 16.6. The highest BCUT2D eigenvalue weighted by Gasteiger charge is 2.42. The number of nitrogens with one attached hydrogen (secondary N) is 1. The average molecular weight is 621 g/mol. The number of aromatic hydroxyl groups is 1. The Bertz CT molecular complexity index is 1590. The molecule has 4 unspecified atom stereocenters. The van der Waals surface area contributed by atoms with Crippen molar-refractivity contribution in [3.8, 4) is 11.8 Å². The van der Waals surface area contributed by atoms with Crippen LogP contribution >= 0.6 is 11.9 Å². The lowest BCUT2D eigenvalue weighted by Gasteiger charge is -2.37. The van der Waals surface area contributed by atoms with E-state index in [-0.39, 0.29) is 23.5 Å². The number of hydrogen-bond donors (Lipinski definition) is 2. The fraction of sp³-hybridized carbons (Fsp3) is 0.515.